The molecule has 4 heteroatoms. The van der Waals surface area contributed by atoms with Gasteiger partial charge in [-0.2, -0.15) is 0 Å². The molecule has 0 bridgehead atoms. The summed E-state index contributed by atoms with van der Waals surface area (Å²) in [5.74, 6) is 0. The second kappa shape index (κ2) is 8.40. The molecule has 3 N–H and O–H groups in total. The van der Waals surface area contributed by atoms with Crippen molar-refractivity contribution in [1.29, 1.82) is 0 Å². The van der Waals surface area contributed by atoms with E-state index in [1.807, 2.05) is 29.2 Å². The summed E-state index contributed by atoms with van der Waals surface area (Å²) in [6.07, 6.45) is 3.03. The molecule has 4 nitrogen and oxygen atoms in total. The van der Waals surface area contributed by atoms with E-state index in [2.05, 4.69) is 19.2 Å². The molecule has 0 atom stereocenters. The first-order valence-corrected chi connectivity index (χ1v) is 7.05. The summed E-state index contributed by atoms with van der Waals surface area (Å²) in [7, 11) is 0. The zero-order valence-corrected chi connectivity index (χ0v) is 12.0. The molecule has 0 aliphatic heterocycles. The van der Waals surface area contributed by atoms with Gasteiger partial charge < -0.3 is 16.0 Å². The molecular weight excluding hydrogens is 238 g/mol. The fourth-order valence-electron chi connectivity index (χ4n) is 1.89. The van der Waals surface area contributed by atoms with Gasteiger partial charge in [-0.1, -0.05) is 38.5 Å². The van der Waals surface area contributed by atoms with Crippen molar-refractivity contribution in [1.82, 2.24) is 10.2 Å². The second-order valence-corrected chi connectivity index (χ2v) is 4.71. The fourth-order valence-corrected chi connectivity index (χ4v) is 1.89. The normalized spacial score (nSPS) is 10.2. The molecule has 0 aliphatic carbocycles. The van der Waals surface area contributed by atoms with Gasteiger partial charge >= 0.3 is 6.03 Å². The third kappa shape index (κ3) is 5.20. The number of unbranched alkanes of at least 4 members (excludes halogenated alkanes) is 1. The highest BCUT2D eigenvalue weighted by molar-refractivity contribution is 5.74. The van der Waals surface area contributed by atoms with E-state index in [-0.39, 0.29) is 6.03 Å². The molecule has 0 spiro atoms. The second-order valence-electron chi connectivity index (χ2n) is 4.71. The van der Waals surface area contributed by atoms with Crippen molar-refractivity contribution in [2.45, 2.75) is 39.7 Å². The SMILES string of the molecule is CCCCNC(=O)N(CCC)Cc1ccccc1N. The summed E-state index contributed by atoms with van der Waals surface area (Å²) < 4.78 is 0. The number of nitrogens with zero attached hydrogens (tertiary/aromatic N) is 1. The van der Waals surface area contributed by atoms with Gasteiger partial charge in [0.2, 0.25) is 0 Å². The standard InChI is InChI=1S/C15H25N3O/c1-3-5-10-17-15(19)18(11-4-2)12-13-8-6-7-9-14(13)16/h6-9H,3-5,10-12,16H2,1-2H3,(H,17,19). The maximum atomic E-state index is 12.1. The first-order valence-electron chi connectivity index (χ1n) is 7.05. The van der Waals surface area contributed by atoms with Gasteiger partial charge in [0, 0.05) is 25.3 Å². The number of hydrogen-bond acceptors (Lipinski definition) is 2. The lowest BCUT2D eigenvalue weighted by Crippen LogP contribution is -2.40. The van der Waals surface area contributed by atoms with Gasteiger partial charge in [-0.25, -0.2) is 4.79 Å². The van der Waals surface area contributed by atoms with Crippen LogP contribution >= 0.6 is 0 Å². The summed E-state index contributed by atoms with van der Waals surface area (Å²) in [5, 5.41) is 2.95. The van der Waals surface area contributed by atoms with Crippen LogP contribution in [0.1, 0.15) is 38.7 Å². The van der Waals surface area contributed by atoms with Crippen LogP contribution in [0.5, 0.6) is 0 Å². The van der Waals surface area contributed by atoms with Crippen molar-refractivity contribution in [2.75, 3.05) is 18.8 Å². The number of benzene rings is 1. The van der Waals surface area contributed by atoms with E-state index in [4.69, 9.17) is 5.73 Å². The van der Waals surface area contributed by atoms with E-state index in [0.717, 1.165) is 43.6 Å². The first kappa shape index (κ1) is 15.3. The zero-order valence-electron chi connectivity index (χ0n) is 12.0. The molecule has 0 fully saturated rings. The minimum absolute atomic E-state index is 0.00134. The van der Waals surface area contributed by atoms with Gasteiger partial charge in [0.1, 0.15) is 0 Å². The molecule has 1 aromatic rings. The molecule has 19 heavy (non-hydrogen) atoms. The molecule has 0 unspecified atom stereocenters. The third-order valence-electron chi connectivity index (χ3n) is 3.00. The van der Waals surface area contributed by atoms with E-state index >= 15 is 0 Å². The molecule has 0 saturated heterocycles. The monoisotopic (exact) mass is 263 g/mol. The molecule has 0 aromatic heterocycles. The van der Waals surface area contributed by atoms with E-state index in [0.29, 0.717) is 6.54 Å². The molecular formula is C15H25N3O. The number of rotatable bonds is 7. The van der Waals surface area contributed by atoms with Crippen LogP contribution in [-0.2, 0) is 6.54 Å². The summed E-state index contributed by atoms with van der Waals surface area (Å²) in [4.78, 5) is 13.9. The van der Waals surface area contributed by atoms with Crippen LogP contribution in [0.4, 0.5) is 10.5 Å². The maximum Gasteiger partial charge on any atom is 0.317 e. The smallest absolute Gasteiger partial charge is 0.317 e. The summed E-state index contributed by atoms with van der Waals surface area (Å²) >= 11 is 0. The van der Waals surface area contributed by atoms with Crippen molar-refractivity contribution in [2.24, 2.45) is 0 Å². The minimum atomic E-state index is -0.00134. The molecule has 1 rings (SSSR count). The highest BCUT2D eigenvalue weighted by Crippen LogP contribution is 2.13. The Morgan fingerprint density at radius 3 is 2.63 bits per heavy atom. The quantitative estimate of drug-likeness (QED) is 0.587. The number of hydrogen-bond donors (Lipinski definition) is 2. The van der Waals surface area contributed by atoms with Gasteiger partial charge in [0.05, 0.1) is 0 Å². The van der Waals surface area contributed by atoms with Gasteiger partial charge in [-0.05, 0) is 24.5 Å². The van der Waals surface area contributed by atoms with E-state index in [1.54, 1.807) is 0 Å². The number of amides is 2. The Kier molecular flexibility index (Phi) is 6.79. The predicted molar refractivity (Wildman–Crippen MR) is 79.9 cm³/mol. The summed E-state index contributed by atoms with van der Waals surface area (Å²) in [5.41, 5.74) is 7.67. The Labute approximate surface area is 116 Å². The number of carbonyl (C=O) groups is 1. The van der Waals surface area contributed by atoms with Crippen molar-refractivity contribution >= 4 is 11.7 Å². The largest absolute Gasteiger partial charge is 0.398 e. The molecule has 2 amide bonds. The van der Waals surface area contributed by atoms with E-state index in [9.17, 15) is 4.79 Å². The van der Waals surface area contributed by atoms with E-state index in [1.165, 1.54) is 0 Å². The van der Waals surface area contributed by atoms with Crippen LogP contribution in [0.25, 0.3) is 0 Å². The third-order valence-corrected chi connectivity index (χ3v) is 3.00. The number of urea groups is 1. The van der Waals surface area contributed by atoms with Gasteiger partial charge in [0.25, 0.3) is 0 Å². The van der Waals surface area contributed by atoms with Crippen molar-refractivity contribution in [3.8, 4) is 0 Å². The van der Waals surface area contributed by atoms with Crippen molar-refractivity contribution < 1.29 is 4.79 Å². The number of anilines is 1. The predicted octanol–water partition coefficient (Wildman–Crippen LogP) is 2.99. The fraction of sp³-hybridized carbons (Fsp3) is 0.533. The number of para-hydroxylation sites is 1. The Hall–Kier alpha value is -1.71. The lowest BCUT2D eigenvalue weighted by atomic mass is 10.1. The van der Waals surface area contributed by atoms with Crippen molar-refractivity contribution in [3.63, 3.8) is 0 Å². The highest BCUT2D eigenvalue weighted by Gasteiger charge is 2.13. The Morgan fingerprint density at radius 1 is 1.26 bits per heavy atom. The van der Waals surface area contributed by atoms with Crippen LogP contribution in [0, 0.1) is 0 Å². The van der Waals surface area contributed by atoms with Crippen LogP contribution in [-0.4, -0.2) is 24.0 Å². The summed E-state index contributed by atoms with van der Waals surface area (Å²) in [6, 6.07) is 7.69. The van der Waals surface area contributed by atoms with Gasteiger partial charge in [0.15, 0.2) is 0 Å². The average Bonchev–Trinajstić information content (AvgIpc) is 2.41. The molecule has 0 heterocycles. The average molecular weight is 263 g/mol. The van der Waals surface area contributed by atoms with Crippen molar-refractivity contribution in [3.05, 3.63) is 29.8 Å². The van der Waals surface area contributed by atoms with Gasteiger partial charge in [-0.3, -0.25) is 0 Å². The van der Waals surface area contributed by atoms with Gasteiger partial charge in [-0.15, -0.1) is 0 Å². The number of nitrogen functional groups attached to an aromatic ring is 1. The lowest BCUT2D eigenvalue weighted by molar-refractivity contribution is 0.195. The highest BCUT2D eigenvalue weighted by atomic mass is 16.2. The molecule has 0 aliphatic rings. The lowest BCUT2D eigenvalue weighted by Gasteiger charge is -2.23. The van der Waals surface area contributed by atoms with Crippen LogP contribution in [0.3, 0.4) is 0 Å². The number of carbonyl (C=O) groups excluding carboxylic acids is 1. The molecule has 0 radical (unpaired) electrons. The van der Waals surface area contributed by atoms with Crippen LogP contribution in [0.15, 0.2) is 24.3 Å². The molecule has 106 valence electrons. The topological polar surface area (TPSA) is 58.4 Å². The minimum Gasteiger partial charge on any atom is -0.398 e. The number of nitrogens with one attached hydrogen (secondary N) is 1. The summed E-state index contributed by atoms with van der Waals surface area (Å²) in [6.45, 7) is 6.23. The zero-order chi connectivity index (χ0) is 14.1. The Balaban J connectivity index is 2.61. The van der Waals surface area contributed by atoms with E-state index < -0.39 is 0 Å². The van der Waals surface area contributed by atoms with Crippen LogP contribution in [0.2, 0.25) is 0 Å². The first-order chi connectivity index (χ1) is 9.19. The molecule has 1 aromatic carbocycles. The maximum absolute atomic E-state index is 12.1. The Bertz CT molecular complexity index is 393. The molecule has 0 saturated carbocycles. The number of nitrogens with two attached hydrogens (primary N) is 1. The van der Waals surface area contributed by atoms with Crippen LogP contribution < -0.4 is 11.1 Å². The Morgan fingerprint density at radius 2 is 2.00 bits per heavy atom.